The summed E-state index contributed by atoms with van der Waals surface area (Å²) in [4.78, 5) is 22.7. The molecule has 2 rings (SSSR count). The monoisotopic (exact) mass is 426 g/mol. The quantitative estimate of drug-likeness (QED) is 0.427. The topological polar surface area (TPSA) is 91.6 Å². The van der Waals surface area contributed by atoms with Gasteiger partial charge in [-0.3, -0.25) is 9.59 Å². The van der Waals surface area contributed by atoms with Crippen LogP contribution in [0.25, 0.3) is 6.08 Å². The van der Waals surface area contributed by atoms with Crippen LogP contribution in [0.4, 0.5) is 5.69 Å². The molecule has 3 N–H and O–H groups in total. The molecule has 1 aromatic heterocycles. The molecule has 0 aliphatic heterocycles. The predicted molar refractivity (Wildman–Crippen MR) is 124 cm³/mol. The summed E-state index contributed by atoms with van der Waals surface area (Å²) in [5.74, 6) is 1.09. The minimum atomic E-state index is -0.937. The Hall–Kier alpha value is -3.02. The van der Waals surface area contributed by atoms with Crippen molar-refractivity contribution in [3.63, 3.8) is 0 Å². The van der Waals surface area contributed by atoms with E-state index >= 15 is 0 Å². The fourth-order valence-corrected chi connectivity index (χ4v) is 3.36. The molecule has 0 radical (unpaired) electrons. The van der Waals surface area contributed by atoms with E-state index in [1.165, 1.54) is 0 Å². The minimum absolute atomic E-state index is 0.0118. The summed E-state index contributed by atoms with van der Waals surface area (Å²) >= 11 is 0. The molecule has 0 fully saturated rings. The number of amides is 1. The van der Waals surface area contributed by atoms with Crippen LogP contribution in [0.3, 0.4) is 0 Å². The van der Waals surface area contributed by atoms with Crippen LogP contribution in [0.5, 0.6) is 0 Å². The minimum Gasteiger partial charge on any atom is -0.481 e. The van der Waals surface area contributed by atoms with Crippen molar-refractivity contribution in [2.24, 2.45) is 5.92 Å². The average molecular weight is 427 g/mol. The number of hydrogen-bond acceptors (Lipinski definition) is 4. The molecule has 1 heterocycles. The largest absolute Gasteiger partial charge is 0.481 e. The SMILES string of the molecule is CC/C=C\c1oc(C(CC(C)C)Nc2ccc(C(=O)NCCC(=O)O)cc2)c(C)c1C. The van der Waals surface area contributed by atoms with E-state index in [9.17, 15) is 9.59 Å². The maximum atomic E-state index is 12.2. The number of aliphatic carboxylic acids is 1. The van der Waals surface area contributed by atoms with Gasteiger partial charge in [-0.2, -0.15) is 0 Å². The first-order valence-corrected chi connectivity index (χ1v) is 10.9. The molecular formula is C25H34N2O4. The molecule has 168 valence electrons. The van der Waals surface area contributed by atoms with E-state index in [1.54, 1.807) is 12.1 Å². The van der Waals surface area contributed by atoms with Gasteiger partial charge in [-0.1, -0.05) is 26.8 Å². The Morgan fingerprint density at radius 1 is 1.13 bits per heavy atom. The van der Waals surface area contributed by atoms with Crippen molar-refractivity contribution in [3.8, 4) is 0 Å². The summed E-state index contributed by atoms with van der Waals surface area (Å²) in [5, 5.41) is 14.9. The first-order valence-electron chi connectivity index (χ1n) is 10.9. The Labute approximate surface area is 184 Å². The number of benzene rings is 1. The standard InChI is InChI=1S/C25H34N2O4/c1-6-7-8-22-17(4)18(5)24(31-22)21(15-16(2)3)27-20-11-9-19(10-12-20)25(30)26-14-13-23(28)29/h7-12,16,21,27H,6,13-15H2,1-5H3,(H,26,30)(H,28,29)/b8-7-. The van der Waals surface area contributed by atoms with Crippen LogP contribution >= 0.6 is 0 Å². The summed E-state index contributed by atoms with van der Waals surface area (Å²) in [6.45, 7) is 10.8. The lowest BCUT2D eigenvalue weighted by atomic mass is 9.98. The van der Waals surface area contributed by atoms with Crippen LogP contribution < -0.4 is 10.6 Å². The maximum absolute atomic E-state index is 12.2. The van der Waals surface area contributed by atoms with E-state index in [4.69, 9.17) is 9.52 Å². The number of carboxylic acid groups (broad SMARTS) is 1. The van der Waals surface area contributed by atoms with Crippen molar-refractivity contribution in [1.29, 1.82) is 0 Å². The van der Waals surface area contributed by atoms with E-state index in [1.807, 2.05) is 18.2 Å². The molecule has 6 heteroatoms. The number of carbonyl (C=O) groups is 2. The highest BCUT2D eigenvalue weighted by molar-refractivity contribution is 5.94. The summed E-state index contributed by atoms with van der Waals surface area (Å²) < 4.78 is 6.25. The molecule has 1 unspecified atom stereocenters. The Bertz CT molecular complexity index is 910. The van der Waals surface area contributed by atoms with Gasteiger partial charge in [0.1, 0.15) is 11.5 Å². The molecule has 0 bridgehead atoms. The highest BCUT2D eigenvalue weighted by Gasteiger charge is 2.22. The molecule has 1 aromatic carbocycles. The molecular weight excluding hydrogens is 392 g/mol. The number of hydrogen-bond donors (Lipinski definition) is 3. The molecule has 0 saturated heterocycles. The number of carbonyl (C=O) groups excluding carboxylic acids is 1. The molecule has 1 amide bonds. The van der Waals surface area contributed by atoms with E-state index in [-0.39, 0.29) is 24.9 Å². The molecule has 0 aliphatic carbocycles. The summed E-state index contributed by atoms with van der Waals surface area (Å²) in [5.41, 5.74) is 3.70. The third kappa shape index (κ3) is 7.02. The third-order valence-corrected chi connectivity index (χ3v) is 5.16. The Morgan fingerprint density at radius 3 is 2.39 bits per heavy atom. The van der Waals surface area contributed by atoms with Crippen LogP contribution in [0.15, 0.2) is 34.8 Å². The van der Waals surface area contributed by atoms with Crippen LogP contribution in [0, 0.1) is 19.8 Å². The first kappa shape index (κ1) is 24.3. The predicted octanol–water partition coefficient (Wildman–Crippen LogP) is 5.72. The Balaban J connectivity index is 2.17. The van der Waals surface area contributed by atoms with E-state index in [0.29, 0.717) is 11.5 Å². The van der Waals surface area contributed by atoms with Gasteiger partial charge in [-0.15, -0.1) is 0 Å². The van der Waals surface area contributed by atoms with Gasteiger partial charge >= 0.3 is 5.97 Å². The van der Waals surface area contributed by atoms with Crippen molar-refractivity contribution in [3.05, 3.63) is 58.6 Å². The number of nitrogens with one attached hydrogen (secondary N) is 2. The number of rotatable bonds is 11. The molecule has 1 atom stereocenters. The summed E-state index contributed by atoms with van der Waals surface area (Å²) in [6, 6.07) is 7.21. The molecule has 0 spiro atoms. The zero-order valence-corrected chi connectivity index (χ0v) is 19.1. The van der Waals surface area contributed by atoms with Gasteiger partial charge in [-0.25, -0.2) is 0 Å². The highest BCUT2D eigenvalue weighted by Crippen LogP contribution is 2.33. The lowest BCUT2D eigenvalue weighted by molar-refractivity contribution is -0.136. The van der Waals surface area contributed by atoms with Gasteiger partial charge in [0.15, 0.2) is 0 Å². The molecule has 2 aromatic rings. The molecule has 31 heavy (non-hydrogen) atoms. The fraction of sp³-hybridized carbons (Fsp3) is 0.440. The van der Waals surface area contributed by atoms with Gasteiger partial charge in [0, 0.05) is 17.8 Å². The van der Waals surface area contributed by atoms with Crippen LogP contribution in [-0.4, -0.2) is 23.5 Å². The van der Waals surface area contributed by atoms with Crippen LogP contribution in [-0.2, 0) is 4.79 Å². The third-order valence-electron chi connectivity index (χ3n) is 5.16. The number of furan rings is 1. The number of allylic oxidation sites excluding steroid dienone is 1. The van der Waals surface area contributed by atoms with E-state index in [0.717, 1.165) is 41.2 Å². The lowest BCUT2D eigenvalue weighted by Crippen LogP contribution is -2.25. The second-order valence-electron chi connectivity index (χ2n) is 8.19. The second kappa shape index (κ2) is 11.4. The maximum Gasteiger partial charge on any atom is 0.305 e. The van der Waals surface area contributed by atoms with Crippen molar-refractivity contribution < 1.29 is 19.1 Å². The normalized spacial score (nSPS) is 12.3. The van der Waals surface area contributed by atoms with Crippen molar-refractivity contribution in [2.45, 2.75) is 59.9 Å². The number of anilines is 1. The van der Waals surface area contributed by atoms with Crippen molar-refractivity contribution in [1.82, 2.24) is 5.32 Å². The Morgan fingerprint density at radius 2 is 1.81 bits per heavy atom. The van der Waals surface area contributed by atoms with Crippen LogP contribution in [0.2, 0.25) is 0 Å². The second-order valence-corrected chi connectivity index (χ2v) is 8.19. The number of carboxylic acids is 1. The van der Waals surface area contributed by atoms with Gasteiger partial charge in [0.25, 0.3) is 5.91 Å². The molecule has 0 aliphatic rings. The lowest BCUT2D eigenvalue weighted by Gasteiger charge is -2.21. The van der Waals surface area contributed by atoms with Crippen LogP contribution in [0.1, 0.15) is 79.1 Å². The zero-order valence-electron chi connectivity index (χ0n) is 19.1. The first-order chi connectivity index (χ1) is 14.7. The molecule has 6 nitrogen and oxygen atoms in total. The van der Waals surface area contributed by atoms with E-state index in [2.05, 4.69) is 51.3 Å². The van der Waals surface area contributed by atoms with Gasteiger partial charge in [0.05, 0.1) is 12.5 Å². The van der Waals surface area contributed by atoms with Gasteiger partial charge in [0.2, 0.25) is 0 Å². The summed E-state index contributed by atoms with van der Waals surface area (Å²) in [6.07, 6.45) is 5.90. The van der Waals surface area contributed by atoms with Gasteiger partial charge < -0.3 is 20.2 Å². The molecule has 0 saturated carbocycles. The Kier molecular flexibility index (Phi) is 8.91. The smallest absolute Gasteiger partial charge is 0.305 e. The fourth-order valence-electron chi connectivity index (χ4n) is 3.36. The van der Waals surface area contributed by atoms with Crippen molar-refractivity contribution >= 4 is 23.6 Å². The zero-order chi connectivity index (χ0) is 23.0. The van der Waals surface area contributed by atoms with E-state index < -0.39 is 5.97 Å². The highest BCUT2D eigenvalue weighted by atomic mass is 16.4. The van der Waals surface area contributed by atoms with Gasteiger partial charge in [-0.05, 0) is 74.1 Å². The summed E-state index contributed by atoms with van der Waals surface area (Å²) in [7, 11) is 0. The average Bonchev–Trinajstić information content (AvgIpc) is 3.00. The van der Waals surface area contributed by atoms with Crippen molar-refractivity contribution in [2.75, 3.05) is 11.9 Å².